The molecule has 2 unspecified atom stereocenters. The van der Waals surface area contributed by atoms with Gasteiger partial charge in [-0.1, -0.05) is 0 Å². The second-order valence-electron chi connectivity index (χ2n) is 5.05. The lowest BCUT2D eigenvalue weighted by Crippen LogP contribution is -2.39. The van der Waals surface area contributed by atoms with Crippen molar-refractivity contribution in [3.63, 3.8) is 0 Å². The smallest absolute Gasteiger partial charge is 0.0900 e. The normalized spacial score (nSPS) is 21.0. The van der Waals surface area contributed by atoms with Gasteiger partial charge in [-0.15, -0.1) is 0 Å². The van der Waals surface area contributed by atoms with E-state index in [9.17, 15) is 5.11 Å². The summed E-state index contributed by atoms with van der Waals surface area (Å²) in [6, 6.07) is 0.596. The maximum absolute atomic E-state index is 9.75. The summed E-state index contributed by atoms with van der Waals surface area (Å²) in [4.78, 5) is 2.24. The van der Waals surface area contributed by atoms with Crippen LogP contribution >= 0.6 is 0 Å². The van der Waals surface area contributed by atoms with E-state index in [1.807, 2.05) is 13.8 Å². The van der Waals surface area contributed by atoms with E-state index in [2.05, 4.69) is 18.9 Å². The molecule has 3 heteroatoms. The first-order valence-corrected chi connectivity index (χ1v) is 6.00. The molecule has 1 saturated carbocycles. The van der Waals surface area contributed by atoms with Crippen LogP contribution in [0.3, 0.4) is 0 Å². The van der Waals surface area contributed by atoms with Gasteiger partial charge in [-0.05, 0) is 46.6 Å². The Labute approximate surface area is 93.4 Å². The standard InChI is InChI=1S/C12H25NO2/c1-9(2)15-8-12(14)7-13(4)10(3)11-5-6-11/h9-12,14H,5-8H2,1-4H3. The molecule has 0 amide bonds. The molecule has 0 saturated heterocycles. The van der Waals surface area contributed by atoms with Gasteiger partial charge in [-0.25, -0.2) is 0 Å². The first-order valence-electron chi connectivity index (χ1n) is 6.00. The van der Waals surface area contributed by atoms with Gasteiger partial charge in [0.1, 0.15) is 0 Å². The third-order valence-corrected chi connectivity index (χ3v) is 3.12. The van der Waals surface area contributed by atoms with E-state index in [-0.39, 0.29) is 12.2 Å². The zero-order chi connectivity index (χ0) is 11.4. The van der Waals surface area contributed by atoms with Gasteiger partial charge < -0.3 is 14.7 Å². The lowest BCUT2D eigenvalue weighted by Gasteiger charge is -2.27. The molecule has 0 spiro atoms. The van der Waals surface area contributed by atoms with Crippen molar-refractivity contribution in [2.24, 2.45) is 5.92 Å². The molecule has 1 aliphatic carbocycles. The van der Waals surface area contributed by atoms with Crippen LogP contribution in [0.5, 0.6) is 0 Å². The molecule has 0 aliphatic heterocycles. The van der Waals surface area contributed by atoms with E-state index in [1.165, 1.54) is 12.8 Å². The van der Waals surface area contributed by atoms with E-state index in [0.29, 0.717) is 19.2 Å². The Kier molecular flexibility index (Phi) is 5.03. The van der Waals surface area contributed by atoms with Gasteiger partial charge in [-0.3, -0.25) is 0 Å². The van der Waals surface area contributed by atoms with Gasteiger partial charge in [0.2, 0.25) is 0 Å². The monoisotopic (exact) mass is 215 g/mol. The summed E-state index contributed by atoms with van der Waals surface area (Å²) in [5.74, 6) is 0.855. The summed E-state index contributed by atoms with van der Waals surface area (Å²) in [5, 5.41) is 9.75. The van der Waals surface area contributed by atoms with E-state index < -0.39 is 0 Å². The van der Waals surface area contributed by atoms with Crippen molar-refractivity contribution in [3.8, 4) is 0 Å². The van der Waals surface area contributed by atoms with E-state index in [0.717, 1.165) is 5.92 Å². The third kappa shape index (κ3) is 4.96. The molecule has 0 radical (unpaired) electrons. The second-order valence-corrected chi connectivity index (χ2v) is 5.05. The molecule has 3 nitrogen and oxygen atoms in total. The Hall–Kier alpha value is -0.120. The molecule has 2 atom stereocenters. The molecule has 0 heterocycles. The minimum Gasteiger partial charge on any atom is -0.389 e. The summed E-state index contributed by atoms with van der Waals surface area (Å²) in [6.07, 6.45) is 2.54. The summed E-state index contributed by atoms with van der Waals surface area (Å²) >= 11 is 0. The number of nitrogens with zero attached hydrogens (tertiary/aromatic N) is 1. The summed E-state index contributed by atoms with van der Waals surface area (Å²) < 4.78 is 5.38. The van der Waals surface area contributed by atoms with Crippen LogP contribution in [-0.2, 0) is 4.74 Å². The van der Waals surface area contributed by atoms with Crippen molar-refractivity contribution in [1.82, 2.24) is 4.90 Å². The molecule has 1 aliphatic rings. The van der Waals surface area contributed by atoms with Crippen LogP contribution in [0.25, 0.3) is 0 Å². The Morgan fingerprint density at radius 2 is 1.93 bits per heavy atom. The molecule has 0 aromatic heterocycles. The van der Waals surface area contributed by atoms with Crippen molar-refractivity contribution in [2.45, 2.75) is 51.9 Å². The fourth-order valence-corrected chi connectivity index (χ4v) is 1.79. The topological polar surface area (TPSA) is 32.7 Å². The largest absolute Gasteiger partial charge is 0.389 e. The molecule has 1 rings (SSSR count). The molecular formula is C12H25NO2. The van der Waals surface area contributed by atoms with Crippen molar-refractivity contribution in [2.75, 3.05) is 20.2 Å². The number of hydrogen-bond acceptors (Lipinski definition) is 3. The quantitative estimate of drug-likeness (QED) is 0.698. The number of rotatable bonds is 7. The van der Waals surface area contributed by atoms with Crippen LogP contribution in [0.1, 0.15) is 33.6 Å². The van der Waals surface area contributed by atoms with Crippen molar-refractivity contribution in [1.29, 1.82) is 0 Å². The van der Waals surface area contributed by atoms with E-state index in [1.54, 1.807) is 0 Å². The fraction of sp³-hybridized carbons (Fsp3) is 1.00. The SMILES string of the molecule is CC(C)OCC(O)CN(C)C(C)C1CC1. The molecule has 0 bridgehead atoms. The fourth-order valence-electron chi connectivity index (χ4n) is 1.79. The van der Waals surface area contributed by atoms with E-state index >= 15 is 0 Å². The van der Waals surface area contributed by atoms with Gasteiger partial charge in [0, 0.05) is 12.6 Å². The summed E-state index contributed by atoms with van der Waals surface area (Å²) in [6.45, 7) is 7.38. The second kappa shape index (κ2) is 5.83. The van der Waals surface area contributed by atoms with Gasteiger partial charge >= 0.3 is 0 Å². The van der Waals surface area contributed by atoms with Crippen molar-refractivity contribution < 1.29 is 9.84 Å². The average molecular weight is 215 g/mol. The number of hydrogen-bond donors (Lipinski definition) is 1. The van der Waals surface area contributed by atoms with Crippen molar-refractivity contribution in [3.05, 3.63) is 0 Å². The maximum Gasteiger partial charge on any atom is 0.0900 e. The molecule has 1 fully saturated rings. The van der Waals surface area contributed by atoms with Crippen LogP contribution in [0.2, 0.25) is 0 Å². The zero-order valence-electron chi connectivity index (χ0n) is 10.4. The predicted octanol–water partition coefficient (Wildman–Crippen LogP) is 1.50. The van der Waals surface area contributed by atoms with Crippen LogP contribution in [-0.4, -0.2) is 48.5 Å². The average Bonchev–Trinajstić information content (AvgIpc) is 2.96. The van der Waals surface area contributed by atoms with Gasteiger partial charge in [0.25, 0.3) is 0 Å². The first kappa shape index (κ1) is 12.9. The maximum atomic E-state index is 9.75. The first-order chi connectivity index (χ1) is 7.00. The molecular weight excluding hydrogens is 190 g/mol. The molecule has 1 N–H and O–H groups in total. The predicted molar refractivity (Wildman–Crippen MR) is 61.9 cm³/mol. The van der Waals surface area contributed by atoms with Gasteiger partial charge in [0.15, 0.2) is 0 Å². The minimum absolute atomic E-state index is 0.200. The molecule has 90 valence electrons. The third-order valence-electron chi connectivity index (χ3n) is 3.12. The molecule has 15 heavy (non-hydrogen) atoms. The number of aliphatic hydroxyl groups is 1. The van der Waals surface area contributed by atoms with E-state index in [4.69, 9.17) is 4.74 Å². The highest BCUT2D eigenvalue weighted by Crippen LogP contribution is 2.34. The van der Waals surface area contributed by atoms with Crippen molar-refractivity contribution >= 4 is 0 Å². The lowest BCUT2D eigenvalue weighted by atomic mass is 10.2. The Morgan fingerprint density at radius 3 is 2.40 bits per heavy atom. The molecule has 0 aromatic rings. The van der Waals surface area contributed by atoms with Crippen LogP contribution < -0.4 is 0 Å². The zero-order valence-corrected chi connectivity index (χ0v) is 10.4. The van der Waals surface area contributed by atoms with Crippen LogP contribution in [0.15, 0.2) is 0 Å². The number of ether oxygens (including phenoxy) is 1. The highest BCUT2D eigenvalue weighted by atomic mass is 16.5. The Morgan fingerprint density at radius 1 is 1.33 bits per heavy atom. The highest BCUT2D eigenvalue weighted by molar-refractivity contribution is 4.84. The Balaban J connectivity index is 2.15. The number of likely N-dealkylation sites (N-methyl/N-ethyl adjacent to an activating group) is 1. The van der Waals surface area contributed by atoms with Crippen LogP contribution in [0, 0.1) is 5.92 Å². The lowest BCUT2D eigenvalue weighted by molar-refractivity contribution is -0.0104. The van der Waals surface area contributed by atoms with Crippen LogP contribution in [0.4, 0.5) is 0 Å². The summed E-state index contributed by atoms with van der Waals surface area (Å²) in [5.41, 5.74) is 0. The highest BCUT2D eigenvalue weighted by Gasteiger charge is 2.30. The minimum atomic E-state index is -0.362. The summed E-state index contributed by atoms with van der Waals surface area (Å²) in [7, 11) is 2.08. The number of aliphatic hydroxyl groups excluding tert-OH is 1. The van der Waals surface area contributed by atoms with Gasteiger partial charge in [0.05, 0.1) is 18.8 Å². The van der Waals surface area contributed by atoms with Gasteiger partial charge in [-0.2, -0.15) is 0 Å². The Bertz CT molecular complexity index is 180. The molecule has 0 aromatic carbocycles.